The quantitative estimate of drug-likeness (QED) is 0.0127. The fourth-order valence-corrected chi connectivity index (χ4v) is 12.0. The Hall–Kier alpha value is -11.0. The molecule has 1 aliphatic rings. The number of nitrogens with two attached hydrogens (primary N) is 6. The molecule has 0 radical (unpaired) electrons. The van der Waals surface area contributed by atoms with Crippen LogP contribution >= 0.6 is 50.5 Å². The van der Waals surface area contributed by atoms with E-state index in [2.05, 4.69) is 140 Å². The molecule has 115 heavy (non-hydrogen) atoms. The van der Waals surface area contributed by atoms with Gasteiger partial charge in [-0.15, -0.1) is 0 Å². The van der Waals surface area contributed by atoms with E-state index >= 15 is 0 Å². The summed E-state index contributed by atoms with van der Waals surface area (Å²) in [7, 11) is 0. The summed E-state index contributed by atoms with van der Waals surface area (Å²) >= 11 is 16.5. The number of hydrogen-bond donors (Lipinski definition) is 31. The van der Waals surface area contributed by atoms with E-state index in [-0.39, 0.29) is 108 Å². The average Bonchev–Trinajstić information content (AvgIpc) is 1.72. The highest BCUT2D eigenvalue weighted by Gasteiger charge is 2.41. The van der Waals surface area contributed by atoms with Crippen molar-refractivity contribution in [2.24, 2.45) is 34.4 Å². The lowest BCUT2D eigenvalue weighted by Gasteiger charge is -2.30. The summed E-state index contributed by atoms with van der Waals surface area (Å²) < 4.78 is 0. The number of carboxylic acid groups (broad SMARTS) is 1. The number of unbranched alkanes of at least 4 members (excludes halogenated alkanes) is 1. The van der Waals surface area contributed by atoms with Crippen LogP contribution in [0.5, 0.6) is 5.75 Å². The first-order chi connectivity index (χ1) is 54.5. The molecule has 0 unspecified atom stereocenters. The normalized spacial score (nSPS) is 15.4. The van der Waals surface area contributed by atoms with Crippen LogP contribution in [0.25, 0.3) is 0 Å². The zero-order chi connectivity index (χ0) is 86.0. The largest absolute Gasteiger partial charge is 0.508 e. The van der Waals surface area contributed by atoms with Crippen molar-refractivity contribution in [1.82, 2.24) is 94.6 Å². The lowest BCUT2D eigenvalue weighted by molar-refractivity contribution is -0.142. The minimum Gasteiger partial charge on any atom is -0.508 e. The molecule has 2 heterocycles. The molecular weight excluding hydrogens is 1590 g/mol. The van der Waals surface area contributed by atoms with Gasteiger partial charge in [0.05, 0.1) is 44.9 Å². The average molecular weight is 1700 g/mol. The van der Waals surface area contributed by atoms with Crippen molar-refractivity contribution in [3.05, 3.63) is 48.0 Å². The van der Waals surface area contributed by atoms with Gasteiger partial charge < -0.3 is 139 Å². The molecule has 13 atom stereocenters. The van der Waals surface area contributed by atoms with Gasteiger partial charge in [0.2, 0.25) is 94.5 Å². The minimum atomic E-state index is -1.80. The highest BCUT2D eigenvalue weighted by atomic mass is 32.1. The summed E-state index contributed by atoms with van der Waals surface area (Å²) in [6.07, 6.45) is 1.13. The van der Waals surface area contributed by atoms with Crippen molar-refractivity contribution in [2.45, 2.75) is 162 Å². The number of nitrogens with zero attached hydrogens (tertiary/aromatic N) is 2. The number of aromatic nitrogens is 2. The Kier molecular flexibility index (Phi) is 44.2. The molecule has 0 aliphatic carbocycles. The van der Waals surface area contributed by atoms with Crippen molar-refractivity contribution in [3.63, 3.8) is 0 Å². The molecule has 638 valence electrons. The third-order valence-corrected chi connectivity index (χ3v) is 18.5. The lowest BCUT2D eigenvalue weighted by atomic mass is 10.0. The van der Waals surface area contributed by atoms with Crippen LogP contribution in [-0.2, 0) is 94.3 Å². The fraction of sp³-hybridized carbons (Fsp3) is 0.569. The van der Waals surface area contributed by atoms with Gasteiger partial charge in [-0.05, 0) is 82.0 Å². The summed E-state index contributed by atoms with van der Waals surface area (Å²) in [6.45, 7) is -2.52. The van der Waals surface area contributed by atoms with E-state index in [4.69, 9.17) is 45.2 Å². The Morgan fingerprint density at radius 1 is 0.504 bits per heavy atom. The van der Waals surface area contributed by atoms with E-state index < -0.39 is 235 Å². The van der Waals surface area contributed by atoms with Gasteiger partial charge in [0, 0.05) is 67.4 Å². The number of H-pyrrole nitrogens is 1. The molecule has 1 aromatic carbocycles. The number of aromatic hydroxyl groups is 1. The van der Waals surface area contributed by atoms with Gasteiger partial charge in [-0.3, -0.25) is 87.5 Å². The SMILES string of the molecule is N=C(N)NCCC[C@H](NC(=O)CNC(=O)[C@H](CS)NC(=O)[C@H](CO)NC(=O)[C@@H]1CCCN1C(=O)[C@H](Cc1cnc[nH]1)NC(=O)[C@H](CS)NC(=O)[C@H](CS)NC(=O)[C@H](CCCNC(=N)N)NC(=O)CNC(=O)[C@@H](N)CC(N)=O)C(=O)N[C@@H](CCCCN)C(=O)N[C@@H](Cc1ccc(O)cc1)C(=O)N[C@@H](CC(N)=O)C(=O)N[C@@H](CS)C(=O)O. The van der Waals surface area contributed by atoms with Crippen LogP contribution in [0, 0.1) is 10.8 Å². The monoisotopic (exact) mass is 1700 g/mol. The topological polar surface area (TPSA) is 767 Å². The molecule has 16 amide bonds. The summed E-state index contributed by atoms with van der Waals surface area (Å²) in [4.78, 5) is 236. The Bertz CT molecular complexity index is 3710. The lowest BCUT2D eigenvalue weighted by Crippen LogP contribution is -2.61. The first-order valence-electron chi connectivity index (χ1n) is 35.9. The van der Waals surface area contributed by atoms with Crippen molar-refractivity contribution < 1.29 is 96.8 Å². The number of benzene rings is 1. The Labute approximate surface area is 681 Å². The number of hydrogen-bond acceptors (Lipinski definition) is 28. The van der Waals surface area contributed by atoms with Crippen LogP contribution < -0.4 is 114 Å². The van der Waals surface area contributed by atoms with Crippen LogP contribution in [0.15, 0.2) is 36.8 Å². The first kappa shape index (κ1) is 98.2. The zero-order valence-electron chi connectivity index (χ0n) is 62.4. The van der Waals surface area contributed by atoms with Crippen molar-refractivity contribution in [3.8, 4) is 5.75 Å². The van der Waals surface area contributed by atoms with Gasteiger partial charge in [-0.25, -0.2) is 9.78 Å². The number of amides is 16. The molecule has 50 heteroatoms. The number of carboxylic acids is 1. The van der Waals surface area contributed by atoms with E-state index in [0.717, 1.165) is 4.90 Å². The molecule has 1 fully saturated rings. The molecule has 33 N–H and O–H groups in total. The number of aromatic amines is 1. The molecule has 0 saturated carbocycles. The molecule has 1 saturated heterocycles. The number of nitrogens with one attached hydrogen (secondary N) is 18. The number of aliphatic hydroxyl groups is 1. The number of rotatable bonds is 53. The minimum absolute atomic E-state index is 0.00217. The number of aliphatic carboxylic acids is 1. The van der Waals surface area contributed by atoms with Crippen LogP contribution in [0.3, 0.4) is 0 Å². The number of primary amides is 2. The molecule has 46 nitrogen and oxygen atoms in total. The van der Waals surface area contributed by atoms with Crippen LogP contribution in [-0.4, -0.2) is 290 Å². The van der Waals surface area contributed by atoms with Gasteiger partial charge in [0.25, 0.3) is 0 Å². The smallest absolute Gasteiger partial charge is 0.327 e. The Balaban J connectivity index is 1.78. The molecule has 0 bridgehead atoms. The van der Waals surface area contributed by atoms with Gasteiger partial charge in [0.1, 0.15) is 78.3 Å². The Morgan fingerprint density at radius 3 is 1.40 bits per heavy atom. The van der Waals surface area contributed by atoms with E-state index in [1.807, 2.05) is 0 Å². The van der Waals surface area contributed by atoms with Gasteiger partial charge in [-0.2, -0.15) is 50.5 Å². The maximum atomic E-state index is 14.6. The van der Waals surface area contributed by atoms with Gasteiger partial charge >= 0.3 is 5.97 Å². The molecule has 1 aliphatic heterocycles. The van der Waals surface area contributed by atoms with Crippen LogP contribution in [0.1, 0.15) is 81.9 Å². The van der Waals surface area contributed by atoms with E-state index in [0.29, 0.717) is 17.7 Å². The number of phenolic OH excluding ortho intramolecular Hbond substituents is 1. The molecule has 2 aromatic rings. The maximum absolute atomic E-state index is 14.6. The molecule has 3 rings (SSSR count). The highest BCUT2D eigenvalue weighted by molar-refractivity contribution is 7.80. The third-order valence-electron chi connectivity index (χ3n) is 17.0. The number of phenols is 1. The van der Waals surface area contributed by atoms with Crippen LogP contribution in [0.2, 0.25) is 0 Å². The summed E-state index contributed by atoms with van der Waals surface area (Å²) in [5.74, 6) is -20.0. The third kappa shape index (κ3) is 36.0. The highest BCUT2D eigenvalue weighted by Crippen LogP contribution is 2.21. The van der Waals surface area contributed by atoms with E-state index in [1.165, 1.54) is 36.8 Å². The number of carbonyl (C=O) groups excluding carboxylic acids is 16. The molecular formula is C65H104N26O20S4. The number of guanidine groups is 2. The summed E-state index contributed by atoms with van der Waals surface area (Å²) in [5.41, 5.74) is 33.3. The first-order valence-corrected chi connectivity index (χ1v) is 38.4. The van der Waals surface area contributed by atoms with Crippen LogP contribution in [0.4, 0.5) is 0 Å². The number of thiol groups is 4. The number of imidazole rings is 1. The fourth-order valence-electron chi connectivity index (χ4n) is 11.0. The summed E-state index contributed by atoms with van der Waals surface area (Å²) in [6, 6.07) is -14.6. The van der Waals surface area contributed by atoms with Gasteiger partial charge in [0.15, 0.2) is 11.9 Å². The van der Waals surface area contributed by atoms with E-state index in [9.17, 15) is 96.8 Å². The van der Waals surface area contributed by atoms with Crippen molar-refractivity contribution in [1.29, 1.82) is 10.8 Å². The summed E-state index contributed by atoms with van der Waals surface area (Å²) in [5, 5.41) is 81.1. The second-order valence-corrected chi connectivity index (χ2v) is 27.5. The second kappa shape index (κ2) is 51.7. The number of carbonyl (C=O) groups is 17. The van der Waals surface area contributed by atoms with Gasteiger partial charge in [-0.1, -0.05) is 12.1 Å². The molecule has 1 aromatic heterocycles. The van der Waals surface area contributed by atoms with Crippen molar-refractivity contribution in [2.75, 3.05) is 68.9 Å². The molecule has 0 spiro atoms. The second-order valence-electron chi connectivity index (χ2n) is 26.0. The predicted molar refractivity (Wildman–Crippen MR) is 423 cm³/mol. The Morgan fingerprint density at radius 2 is 0.930 bits per heavy atom. The van der Waals surface area contributed by atoms with Crippen molar-refractivity contribution >= 4 is 163 Å². The zero-order valence-corrected chi connectivity index (χ0v) is 65.9. The number of aliphatic hydroxyl groups excluding tert-OH is 1. The maximum Gasteiger partial charge on any atom is 0.327 e. The number of likely N-dealkylation sites (tertiary alicyclic amines) is 1. The van der Waals surface area contributed by atoms with E-state index in [1.54, 1.807) is 0 Å². The predicted octanol–water partition coefficient (Wildman–Crippen LogP) is -12.0. The standard InChI is InChI=1S/C65H104N26O20S4/c66-14-2-1-6-37(55(102)83-38(18-31-10-12-33(93)13-11-31)56(103)84-39(21-48(69)95)57(104)90-45(29-115)63(110)111)82-53(100)35(7-3-15-75-64(70)71)80-50(97)24-78-52(99)42(26-112)87-58(105)41(25-92)86-61(108)46-9-5-17-91(46)62(109)40(19-32-22-74-30-79-32)85-59(106)43(27-113)89-60(107)44(28-114)88-54(101)36(8-4-16-76-65(72)73)81-49(96)23-77-51(98)34(67)20-47(68)94/h10-13,22,30,34-46,92-93,112-115H,1-9,14-21,23-29,66-67H2,(H2,68,94)(H2,69,95)(H,74,79)(H,77,98)(H,78,99)(H,80,97)(H,81,96)(H,82,100)(H,83,102)(H,84,103)(H,85,106)(H,86,108)(H,87,105)(H,88,101)(H,89,107)(H,90,104)(H,110,111)(H4,70,71,75)(H4,72,73,76)/t34-,35-,36-,37-,38-,39-,40-,41-,42-,43-,44-,45-,46-/m0/s1.